The highest BCUT2D eigenvalue weighted by molar-refractivity contribution is 5.43. The van der Waals surface area contributed by atoms with Crippen molar-refractivity contribution in [3.05, 3.63) is 23.8 Å². The fraction of sp³-hybridized carbons (Fsp3) is 0.647. The van der Waals surface area contributed by atoms with Crippen molar-refractivity contribution in [3.63, 3.8) is 0 Å². The van der Waals surface area contributed by atoms with Crippen LogP contribution in [0.15, 0.2) is 18.2 Å². The van der Waals surface area contributed by atoms with Crippen molar-refractivity contribution in [3.8, 4) is 11.5 Å². The standard InChI is InChI=1S/C17H29NO2/c1-6-8-15(18-7-2)13(3)11-14-9-10-16(19-4)17(12-14)20-5/h9-10,12-13,15,18H,6-8,11H2,1-5H3. The molecule has 0 fully saturated rings. The van der Waals surface area contributed by atoms with Gasteiger partial charge in [-0.1, -0.05) is 33.3 Å². The monoisotopic (exact) mass is 279 g/mol. The highest BCUT2D eigenvalue weighted by Gasteiger charge is 2.16. The van der Waals surface area contributed by atoms with E-state index in [4.69, 9.17) is 9.47 Å². The van der Waals surface area contributed by atoms with Gasteiger partial charge in [-0.05, 0) is 43.0 Å². The summed E-state index contributed by atoms with van der Waals surface area (Å²) in [5.41, 5.74) is 1.30. The minimum absolute atomic E-state index is 0.582. The molecule has 2 atom stereocenters. The summed E-state index contributed by atoms with van der Waals surface area (Å²) in [6.45, 7) is 7.76. The van der Waals surface area contributed by atoms with Gasteiger partial charge in [0.1, 0.15) is 0 Å². The molecule has 0 radical (unpaired) electrons. The van der Waals surface area contributed by atoms with Gasteiger partial charge in [-0.2, -0.15) is 0 Å². The van der Waals surface area contributed by atoms with Crippen LogP contribution in [-0.2, 0) is 6.42 Å². The summed E-state index contributed by atoms with van der Waals surface area (Å²) in [7, 11) is 3.35. The zero-order chi connectivity index (χ0) is 15.0. The van der Waals surface area contributed by atoms with Crippen molar-refractivity contribution in [1.29, 1.82) is 0 Å². The van der Waals surface area contributed by atoms with Crippen LogP contribution in [0.25, 0.3) is 0 Å². The molecule has 0 amide bonds. The molecule has 2 unspecified atom stereocenters. The van der Waals surface area contributed by atoms with E-state index in [1.807, 2.05) is 6.07 Å². The summed E-state index contributed by atoms with van der Waals surface area (Å²) >= 11 is 0. The fourth-order valence-electron chi connectivity index (χ4n) is 2.68. The third kappa shape index (κ3) is 4.71. The molecule has 0 saturated carbocycles. The van der Waals surface area contributed by atoms with E-state index in [9.17, 15) is 0 Å². The Morgan fingerprint density at radius 2 is 1.80 bits per heavy atom. The number of ether oxygens (including phenoxy) is 2. The lowest BCUT2D eigenvalue weighted by atomic mass is 9.91. The normalized spacial score (nSPS) is 13.8. The van der Waals surface area contributed by atoms with Crippen LogP contribution < -0.4 is 14.8 Å². The molecule has 0 saturated heterocycles. The van der Waals surface area contributed by atoms with E-state index >= 15 is 0 Å². The topological polar surface area (TPSA) is 30.5 Å². The van der Waals surface area contributed by atoms with E-state index in [1.54, 1.807) is 14.2 Å². The van der Waals surface area contributed by atoms with Crippen LogP contribution in [0.1, 0.15) is 39.2 Å². The second-order valence-corrected chi connectivity index (χ2v) is 5.32. The summed E-state index contributed by atoms with van der Waals surface area (Å²) in [5, 5.41) is 3.60. The Morgan fingerprint density at radius 3 is 2.35 bits per heavy atom. The van der Waals surface area contributed by atoms with Crippen molar-refractivity contribution >= 4 is 0 Å². The Morgan fingerprint density at radius 1 is 1.10 bits per heavy atom. The van der Waals surface area contributed by atoms with Gasteiger partial charge < -0.3 is 14.8 Å². The SMILES string of the molecule is CCCC(NCC)C(C)Cc1ccc(OC)c(OC)c1. The Bertz CT molecular complexity index is 387. The van der Waals surface area contributed by atoms with Crippen LogP contribution in [-0.4, -0.2) is 26.8 Å². The average molecular weight is 279 g/mol. The highest BCUT2D eigenvalue weighted by Crippen LogP contribution is 2.29. The van der Waals surface area contributed by atoms with Gasteiger partial charge in [-0.3, -0.25) is 0 Å². The molecular weight excluding hydrogens is 250 g/mol. The molecule has 0 aliphatic carbocycles. The van der Waals surface area contributed by atoms with Gasteiger partial charge in [0.25, 0.3) is 0 Å². The first-order valence-corrected chi connectivity index (χ1v) is 7.60. The largest absolute Gasteiger partial charge is 0.493 e. The third-order valence-electron chi connectivity index (χ3n) is 3.76. The van der Waals surface area contributed by atoms with Gasteiger partial charge in [0.2, 0.25) is 0 Å². The first-order valence-electron chi connectivity index (χ1n) is 7.60. The van der Waals surface area contributed by atoms with Crippen LogP contribution in [0.2, 0.25) is 0 Å². The molecule has 0 heterocycles. The number of benzene rings is 1. The molecular formula is C17H29NO2. The van der Waals surface area contributed by atoms with E-state index < -0.39 is 0 Å². The Labute approximate surface area is 123 Å². The number of rotatable bonds is 9. The van der Waals surface area contributed by atoms with Crippen LogP contribution >= 0.6 is 0 Å². The maximum atomic E-state index is 5.37. The fourth-order valence-corrected chi connectivity index (χ4v) is 2.68. The molecule has 1 aromatic carbocycles. The van der Waals surface area contributed by atoms with Crippen molar-refractivity contribution in [1.82, 2.24) is 5.32 Å². The first kappa shape index (κ1) is 16.8. The van der Waals surface area contributed by atoms with Gasteiger partial charge in [0.05, 0.1) is 14.2 Å². The molecule has 20 heavy (non-hydrogen) atoms. The van der Waals surface area contributed by atoms with Crippen molar-refractivity contribution in [2.24, 2.45) is 5.92 Å². The maximum Gasteiger partial charge on any atom is 0.160 e. The van der Waals surface area contributed by atoms with Gasteiger partial charge in [0.15, 0.2) is 11.5 Å². The van der Waals surface area contributed by atoms with Crippen molar-refractivity contribution < 1.29 is 9.47 Å². The predicted octanol–water partition coefficient (Wildman–Crippen LogP) is 3.66. The van der Waals surface area contributed by atoms with Gasteiger partial charge in [-0.15, -0.1) is 0 Å². The maximum absolute atomic E-state index is 5.37. The second-order valence-electron chi connectivity index (χ2n) is 5.32. The third-order valence-corrected chi connectivity index (χ3v) is 3.76. The van der Waals surface area contributed by atoms with Gasteiger partial charge in [-0.25, -0.2) is 0 Å². The minimum Gasteiger partial charge on any atom is -0.493 e. The Hall–Kier alpha value is -1.22. The average Bonchev–Trinajstić information content (AvgIpc) is 2.46. The summed E-state index contributed by atoms with van der Waals surface area (Å²) in [6.07, 6.45) is 3.49. The number of nitrogens with one attached hydrogen (secondary N) is 1. The van der Waals surface area contributed by atoms with Crippen LogP contribution in [0.5, 0.6) is 11.5 Å². The minimum atomic E-state index is 0.582. The summed E-state index contributed by atoms with van der Waals surface area (Å²) in [5.74, 6) is 2.21. The smallest absolute Gasteiger partial charge is 0.160 e. The molecule has 1 N–H and O–H groups in total. The zero-order valence-electron chi connectivity index (χ0n) is 13.5. The lowest BCUT2D eigenvalue weighted by molar-refractivity contribution is 0.348. The van der Waals surface area contributed by atoms with E-state index in [0.29, 0.717) is 12.0 Å². The molecule has 3 heteroatoms. The van der Waals surface area contributed by atoms with E-state index in [0.717, 1.165) is 24.5 Å². The second kappa shape index (κ2) is 8.85. The van der Waals surface area contributed by atoms with Gasteiger partial charge in [0, 0.05) is 6.04 Å². The summed E-state index contributed by atoms with van der Waals surface area (Å²) in [6, 6.07) is 6.79. The molecule has 0 bridgehead atoms. The van der Waals surface area contributed by atoms with Crippen LogP contribution in [0, 0.1) is 5.92 Å². The number of hydrogen-bond acceptors (Lipinski definition) is 3. The number of hydrogen-bond donors (Lipinski definition) is 1. The van der Waals surface area contributed by atoms with Gasteiger partial charge >= 0.3 is 0 Å². The van der Waals surface area contributed by atoms with E-state index in [-0.39, 0.29) is 0 Å². The molecule has 1 aromatic rings. The first-order chi connectivity index (χ1) is 9.65. The molecule has 1 rings (SSSR count). The summed E-state index contributed by atoms with van der Waals surface area (Å²) in [4.78, 5) is 0. The van der Waals surface area contributed by atoms with Crippen molar-refractivity contribution in [2.45, 2.75) is 46.1 Å². The molecule has 0 spiro atoms. The molecule has 0 aliphatic heterocycles. The Kier molecular flexibility index (Phi) is 7.45. The van der Waals surface area contributed by atoms with E-state index in [1.165, 1.54) is 18.4 Å². The lowest BCUT2D eigenvalue weighted by Gasteiger charge is -2.25. The van der Waals surface area contributed by atoms with Crippen molar-refractivity contribution in [2.75, 3.05) is 20.8 Å². The predicted molar refractivity (Wildman–Crippen MR) is 84.8 cm³/mol. The molecule has 114 valence electrons. The van der Waals surface area contributed by atoms with Crippen LogP contribution in [0.4, 0.5) is 0 Å². The quantitative estimate of drug-likeness (QED) is 0.748. The zero-order valence-corrected chi connectivity index (χ0v) is 13.5. The molecule has 3 nitrogen and oxygen atoms in total. The molecule has 0 aliphatic rings. The van der Waals surface area contributed by atoms with Crippen LogP contribution in [0.3, 0.4) is 0 Å². The summed E-state index contributed by atoms with van der Waals surface area (Å²) < 4.78 is 10.7. The molecule has 0 aromatic heterocycles. The lowest BCUT2D eigenvalue weighted by Crippen LogP contribution is -2.35. The highest BCUT2D eigenvalue weighted by atomic mass is 16.5. The van der Waals surface area contributed by atoms with E-state index in [2.05, 4.69) is 38.2 Å². The Balaban J connectivity index is 2.75. The number of methoxy groups -OCH3 is 2.